The summed E-state index contributed by atoms with van der Waals surface area (Å²) in [5, 5.41) is 0.144. The van der Waals surface area contributed by atoms with Gasteiger partial charge in [-0.1, -0.05) is 20.8 Å². The first-order valence-corrected chi connectivity index (χ1v) is 13.1. The van der Waals surface area contributed by atoms with Crippen LogP contribution in [-0.4, -0.2) is 38.7 Å². The number of rotatable bonds is 4. The topological polar surface area (TPSA) is 96.6 Å². The zero-order valence-electron chi connectivity index (χ0n) is 20.8. The Bertz CT molecular complexity index is 563. The Kier molecular flexibility index (Phi) is 19.8. The predicted octanol–water partition coefficient (Wildman–Crippen LogP) is 4.77. The molecule has 0 aromatic heterocycles. The number of hydrogen-bond donors (Lipinski definition) is 0. The van der Waals surface area contributed by atoms with Gasteiger partial charge >= 0.3 is 55.0 Å². The number of ether oxygens (including phenoxy) is 3. The molecule has 2 aliphatic heterocycles. The zero-order chi connectivity index (χ0) is 25.8. The van der Waals surface area contributed by atoms with Crippen LogP contribution < -0.4 is 0 Å². The van der Waals surface area contributed by atoms with Gasteiger partial charge in [-0.2, -0.15) is 6.92 Å². The second-order valence-electron chi connectivity index (χ2n) is 8.98. The third-order valence-corrected chi connectivity index (χ3v) is 9.97. The van der Waals surface area contributed by atoms with Crippen LogP contribution in [0, 0.1) is 58.5 Å². The zero-order valence-corrected chi connectivity index (χ0v) is 23.8. The summed E-state index contributed by atoms with van der Waals surface area (Å²) in [5.41, 5.74) is 0. The first-order valence-electron chi connectivity index (χ1n) is 10.2. The van der Waals surface area contributed by atoms with Crippen molar-refractivity contribution in [2.75, 3.05) is 0 Å². The fraction of sp³-hybridized carbons (Fsp3) is 0.625. The average Bonchev–Trinajstić information content (AvgIpc) is 3.44. The van der Waals surface area contributed by atoms with E-state index in [4.69, 9.17) is 32.6 Å². The van der Waals surface area contributed by atoms with Crippen LogP contribution in [0.15, 0.2) is 0 Å². The van der Waals surface area contributed by atoms with Gasteiger partial charge in [0.1, 0.15) is 12.2 Å². The number of fused-ring (bicyclic) bond motifs is 1. The quantitative estimate of drug-likeness (QED) is 0.281. The summed E-state index contributed by atoms with van der Waals surface area (Å²) in [6, 6.07) is 0. The molecule has 1 saturated carbocycles. The van der Waals surface area contributed by atoms with Crippen molar-refractivity contribution in [2.45, 2.75) is 96.5 Å². The molecule has 0 aromatic rings. The smallest absolute Gasteiger partial charge is 0.346 e. The molecule has 183 valence electrons. The Balaban J connectivity index is -0.000000905. The molecule has 4 atom stereocenters. The Morgan fingerprint density at radius 2 is 1.45 bits per heavy atom. The molecule has 0 unspecified atom stereocenters. The van der Waals surface area contributed by atoms with Gasteiger partial charge in [0, 0.05) is 0 Å². The molecular weight excluding hydrogens is 524 g/mol. The van der Waals surface area contributed by atoms with E-state index in [9.17, 15) is 0 Å². The van der Waals surface area contributed by atoms with Crippen molar-refractivity contribution in [3.63, 3.8) is 0 Å². The van der Waals surface area contributed by atoms with Crippen molar-refractivity contribution in [1.29, 1.82) is 0 Å². The fourth-order valence-corrected chi connectivity index (χ4v) is 4.47. The summed E-state index contributed by atoms with van der Waals surface area (Å²) in [6.45, 7) is 33.7. The minimum absolute atomic E-state index is 0. The van der Waals surface area contributed by atoms with Gasteiger partial charge in [0.25, 0.3) is 0 Å². The molecule has 2 saturated heterocycles. The van der Waals surface area contributed by atoms with Crippen LogP contribution in [0.3, 0.4) is 0 Å². The molecule has 0 amide bonds. The van der Waals surface area contributed by atoms with Gasteiger partial charge in [-0.3, -0.25) is 0 Å². The molecule has 0 bridgehead atoms. The summed E-state index contributed by atoms with van der Waals surface area (Å²) < 4.78 is 47.5. The Labute approximate surface area is 216 Å². The Morgan fingerprint density at radius 1 is 1.00 bits per heavy atom. The molecule has 5 radical (unpaired) electrons. The van der Waals surface area contributed by atoms with Crippen LogP contribution in [0.25, 0.3) is 0 Å². The van der Waals surface area contributed by atoms with Crippen molar-refractivity contribution in [2.24, 2.45) is 0 Å². The molecule has 33 heavy (non-hydrogen) atoms. The monoisotopic (exact) mass is 562 g/mol. The molecule has 7 nitrogen and oxygen atoms in total. The summed E-state index contributed by atoms with van der Waals surface area (Å²) in [5.74, 6) is 0.651. The molecular formula is C24H36MoO7Si+. The van der Waals surface area contributed by atoms with E-state index in [1.165, 1.54) is 5.92 Å². The molecule has 0 spiro atoms. The molecule has 9 heteroatoms. The van der Waals surface area contributed by atoms with Gasteiger partial charge in [-0.05, 0) is 70.0 Å². The minimum Gasteiger partial charge on any atom is -0.346 e. The van der Waals surface area contributed by atoms with E-state index in [2.05, 4.69) is 86.4 Å². The van der Waals surface area contributed by atoms with E-state index in [1.54, 1.807) is 6.92 Å². The average molecular weight is 561 g/mol. The summed E-state index contributed by atoms with van der Waals surface area (Å²) in [7, 11) is -1.93. The Hall–Kier alpha value is -0.0348. The van der Waals surface area contributed by atoms with E-state index in [1.807, 2.05) is 13.8 Å². The summed E-state index contributed by atoms with van der Waals surface area (Å²) in [4.78, 5) is 0. The molecule has 2 heterocycles. The van der Waals surface area contributed by atoms with E-state index < -0.39 is 14.1 Å². The van der Waals surface area contributed by atoms with E-state index in [0.717, 1.165) is 6.42 Å². The van der Waals surface area contributed by atoms with Gasteiger partial charge in [0.05, 0.1) is 6.10 Å². The van der Waals surface area contributed by atoms with Crippen molar-refractivity contribution < 1.29 is 53.7 Å². The minimum atomic E-state index is -1.93. The second kappa shape index (κ2) is 17.4. The van der Waals surface area contributed by atoms with E-state index in [0.29, 0.717) is 0 Å². The maximum absolute atomic E-state index is 7.50. The van der Waals surface area contributed by atoms with Gasteiger partial charge < -0.3 is 25.6 Å². The van der Waals surface area contributed by atoms with E-state index in [-0.39, 0.29) is 50.7 Å². The molecule has 3 fully saturated rings. The first kappa shape index (κ1) is 37.5. The molecule has 0 aromatic carbocycles. The van der Waals surface area contributed by atoms with Crippen LogP contribution in [0.4, 0.5) is 0 Å². The van der Waals surface area contributed by atoms with Gasteiger partial charge in [-0.25, -0.2) is 0 Å². The molecule has 3 aliphatic rings. The standard InChI is InChI=1S/C19H31O4Si.C2H5.3CO.Mo/c1-18(2,3)24(6,7)23-15-14(12-13-10-8-9-11-13)20-17-16(15)21-19(4,5)22-17;4*1-2;/h8-11,14-17H,12H2,1-7H3;1H2,2H3;;;;/q;-1;;;;+2/t14-,15+,16-,17-;;;;;/m1...../s1. The summed E-state index contributed by atoms with van der Waals surface area (Å²) >= 11 is 0. The third kappa shape index (κ3) is 11.1. The SMILES string of the molecule is CC1(C)O[C@H]2O[C@H](C[C]3[CH][CH][CH][CH]3)[C@H](O[Si](C)(C)C(C)(C)C)[C@H]2O1.[C-]#[O+].[C-]#[O+].[C-]#[O+].[CH2-]C.[Mo+2]. The first-order chi connectivity index (χ1) is 15.0. The molecule has 0 N–H and O–H groups in total. The van der Waals surface area contributed by atoms with Crippen LogP contribution in [0.1, 0.15) is 48.0 Å². The van der Waals surface area contributed by atoms with Crippen LogP contribution in [-0.2, 0) is 53.7 Å². The van der Waals surface area contributed by atoms with Crippen molar-refractivity contribution in [3.05, 3.63) is 58.5 Å². The van der Waals surface area contributed by atoms with Crippen molar-refractivity contribution >= 4 is 8.32 Å². The van der Waals surface area contributed by atoms with Crippen molar-refractivity contribution in [1.82, 2.24) is 0 Å². The predicted molar refractivity (Wildman–Crippen MR) is 119 cm³/mol. The van der Waals surface area contributed by atoms with Crippen molar-refractivity contribution in [3.8, 4) is 0 Å². The Morgan fingerprint density at radius 3 is 1.88 bits per heavy atom. The van der Waals surface area contributed by atoms with Crippen LogP contribution in [0.5, 0.6) is 0 Å². The second-order valence-corrected chi connectivity index (χ2v) is 13.7. The fourth-order valence-electron chi connectivity index (χ4n) is 3.15. The third-order valence-electron chi connectivity index (χ3n) is 5.49. The maximum Gasteiger partial charge on any atom is 2.00 e. The number of hydrogen-bond acceptors (Lipinski definition) is 4. The molecule has 1 aliphatic carbocycles. The van der Waals surface area contributed by atoms with Gasteiger partial charge in [-0.15, -0.1) is 0 Å². The summed E-state index contributed by atoms with van der Waals surface area (Å²) in [6.07, 6.45) is 8.59. The van der Waals surface area contributed by atoms with E-state index >= 15 is 0 Å². The molecule has 3 rings (SSSR count). The van der Waals surface area contributed by atoms with Crippen LogP contribution in [0.2, 0.25) is 18.1 Å². The van der Waals surface area contributed by atoms with Gasteiger partial charge in [0.2, 0.25) is 0 Å². The largest absolute Gasteiger partial charge is 2.00 e. The van der Waals surface area contributed by atoms with Gasteiger partial charge in [0.15, 0.2) is 20.4 Å². The maximum atomic E-state index is 7.50. The van der Waals surface area contributed by atoms with Crippen LogP contribution >= 0.6 is 0 Å². The normalized spacial score (nSPS) is 27.4.